The number of anilines is 2. The van der Waals surface area contributed by atoms with Crippen molar-refractivity contribution in [1.82, 2.24) is 44.7 Å². The lowest BCUT2D eigenvalue weighted by Crippen LogP contribution is -2.51. The van der Waals surface area contributed by atoms with Crippen molar-refractivity contribution in [3.05, 3.63) is 151 Å². The number of carboxylic acids is 2. The van der Waals surface area contributed by atoms with Gasteiger partial charge in [0.1, 0.15) is 65.2 Å². The number of Topliss-reactive ketones (excluding diaryl/α,β-unsaturated/α-hetero) is 4. The molecule has 2 aromatic heterocycles. The third-order valence-corrected chi connectivity index (χ3v) is 21.1. The molecule has 8 rings (SSSR count). The molecule has 2 saturated heterocycles. The normalized spacial score (nSPS) is 13.9. The van der Waals surface area contributed by atoms with Gasteiger partial charge >= 0.3 is 30.2 Å². The topological polar surface area (TPSA) is 416 Å². The van der Waals surface area contributed by atoms with Crippen LogP contribution in [0.2, 0.25) is 0 Å². The number of nitrogens with two attached hydrogens (primary N) is 1. The molecule has 4 atom stereocenters. The van der Waals surface area contributed by atoms with Crippen LogP contribution in [0.15, 0.2) is 94.8 Å². The first-order chi connectivity index (χ1) is 57.1. The largest absolute Gasteiger partial charge is 0.477 e. The number of benzene rings is 4. The lowest BCUT2D eigenvalue weighted by atomic mass is 9.88. The number of halogens is 2. The Kier molecular flexibility index (Phi) is 35.3. The van der Waals surface area contributed by atoms with Crippen molar-refractivity contribution < 1.29 is 95.5 Å². The summed E-state index contributed by atoms with van der Waals surface area (Å²) in [5.41, 5.74) is 6.55. The molecule has 0 radical (unpaired) electrons. The molecule has 0 unspecified atom stereocenters. The highest BCUT2D eigenvalue weighted by molar-refractivity contribution is 5.97. The Morgan fingerprint density at radius 2 is 0.876 bits per heavy atom. The van der Waals surface area contributed by atoms with Crippen LogP contribution in [0.4, 0.5) is 34.5 Å². The second kappa shape index (κ2) is 44.4. The molecule has 656 valence electrons. The van der Waals surface area contributed by atoms with E-state index in [1.165, 1.54) is 44.1 Å². The van der Waals surface area contributed by atoms with Gasteiger partial charge in [0.25, 0.3) is 0 Å². The minimum absolute atomic E-state index is 0.00220. The number of nitrogens with zero attached hydrogens (tertiary/aromatic N) is 8. The van der Waals surface area contributed by atoms with Crippen LogP contribution < -0.4 is 42.3 Å². The van der Waals surface area contributed by atoms with Crippen LogP contribution in [0.1, 0.15) is 157 Å². The Morgan fingerprint density at radius 1 is 0.521 bits per heavy atom. The molecule has 0 aliphatic carbocycles. The summed E-state index contributed by atoms with van der Waals surface area (Å²) in [5, 5.41) is 26.8. The fourth-order valence-electron chi connectivity index (χ4n) is 13.9. The molecule has 2 aliphatic heterocycles. The van der Waals surface area contributed by atoms with E-state index in [2.05, 4.69) is 16.0 Å². The molecule has 2 aliphatic rings. The number of aryl methyl sites for hydroxylation is 2. The van der Waals surface area contributed by atoms with Gasteiger partial charge in [-0.1, -0.05) is 76.2 Å². The number of piperazine rings is 2. The number of rotatable bonds is 37. The number of alkyl carbamates (subject to hydrolysis) is 1. The minimum Gasteiger partial charge on any atom is -0.477 e. The van der Waals surface area contributed by atoms with Gasteiger partial charge in [-0.3, -0.25) is 47.9 Å². The van der Waals surface area contributed by atoms with Gasteiger partial charge in [-0.05, 0) is 106 Å². The van der Waals surface area contributed by atoms with Crippen molar-refractivity contribution in [2.24, 2.45) is 29.4 Å². The zero-order valence-corrected chi connectivity index (χ0v) is 71.2. The van der Waals surface area contributed by atoms with Crippen LogP contribution in [0, 0.1) is 35.3 Å². The van der Waals surface area contributed by atoms with Gasteiger partial charge in [0.2, 0.25) is 34.5 Å². The molecule has 6 aromatic rings. The molecule has 0 bridgehead atoms. The van der Waals surface area contributed by atoms with E-state index >= 15 is 8.78 Å². The number of hydrogen-bond acceptors (Lipinski definition) is 21. The third-order valence-electron chi connectivity index (χ3n) is 21.1. The lowest BCUT2D eigenvalue weighted by molar-refractivity contribution is -0.133. The van der Waals surface area contributed by atoms with E-state index in [-0.39, 0.29) is 180 Å². The van der Waals surface area contributed by atoms with E-state index in [1.807, 2.05) is 13.8 Å². The predicted molar refractivity (Wildman–Crippen MR) is 448 cm³/mol. The monoisotopic (exact) mass is 1680 g/mol. The van der Waals surface area contributed by atoms with E-state index in [0.29, 0.717) is 72.3 Å². The molecular weight excluding hydrogens is 1570 g/mol. The first-order valence-electron chi connectivity index (χ1n) is 40.6. The van der Waals surface area contributed by atoms with Crippen molar-refractivity contribution in [3.63, 3.8) is 0 Å². The molecule has 34 heteroatoms. The summed E-state index contributed by atoms with van der Waals surface area (Å²) in [5.74, 6) is -8.06. The molecule has 2 fully saturated rings. The first-order valence-corrected chi connectivity index (χ1v) is 40.6. The fourth-order valence-corrected chi connectivity index (χ4v) is 13.9. The highest BCUT2D eigenvalue weighted by Gasteiger charge is 2.34. The highest BCUT2D eigenvalue weighted by Crippen LogP contribution is 2.30. The van der Waals surface area contributed by atoms with Gasteiger partial charge in [-0.2, -0.15) is 0 Å². The number of aromatic carboxylic acids is 2. The summed E-state index contributed by atoms with van der Waals surface area (Å²) in [6.45, 7) is 18.2. The van der Waals surface area contributed by atoms with E-state index in [0.717, 1.165) is 12.1 Å². The molecular formula is C87H114F2N12O20. The maximum atomic E-state index is 15.4. The molecule has 7 N–H and O–H groups in total. The summed E-state index contributed by atoms with van der Waals surface area (Å²) in [6.07, 6.45) is 1.95. The molecule has 0 spiro atoms. The Labute approximate surface area is 701 Å². The number of hydrogen-bond donors (Lipinski definition) is 6. The Balaban J connectivity index is 0.000000335. The van der Waals surface area contributed by atoms with Crippen molar-refractivity contribution in [2.75, 3.05) is 103 Å². The van der Waals surface area contributed by atoms with E-state index in [4.69, 9.17) is 19.9 Å². The van der Waals surface area contributed by atoms with Crippen molar-refractivity contribution in [1.29, 1.82) is 0 Å². The zero-order valence-electron chi connectivity index (χ0n) is 71.2. The van der Waals surface area contributed by atoms with Gasteiger partial charge in [0.15, 0.2) is 11.6 Å². The van der Waals surface area contributed by atoms with Gasteiger partial charge in [0.05, 0.1) is 22.4 Å². The average molecular weight is 1690 g/mol. The minimum atomic E-state index is -1.39. The Bertz CT molecular complexity index is 4890. The summed E-state index contributed by atoms with van der Waals surface area (Å²) in [4.78, 5) is 199. The highest BCUT2D eigenvalue weighted by atomic mass is 19.1. The van der Waals surface area contributed by atoms with Gasteiger partial charge in [-0.15, -0.1) is 0 Å². The number of fused-ring (bicyclic) bond motifs is 2. The summed E-state index contributed by atoms with van der Waals surface area (Å²) < 4.78 is 50.2. The van der Waals surface area contributed by atoms with Crippen LogP contribution in [0.25, 0.3) is 21.8 Å². The van der Waals surface area contributed by atoms with Gasteiger partial charge in [0, 0.05) is 193 Å². The van der Waals surface area contributed by atoms with Gasteiger partial charge < -0.3 is 84.6 Å². The van der Waals surface area contributed by atoms with Crippen LogP contribution in [-0.2, 0) is 91.7 Å². The number of ether oxygens (including phenoxy) is 3. The quantitative estimate of drug-likeness (QED) is 0.0200. The number of pyridine rings is 2. The smallest absolute Gasteiger partial charge is 0.410 e. The molecule has 4 aromatic carbocycles. The molecule has 32 nitrogen and oxygen atoms in total. The van der Waals surface area contributed by atoms with Crippen LogP contribution >= 0.6 is 0 Å². The predicted octanol–water partition coefficient (Wildman–Crippen LogP) is 8.29. The number of carbonyl (C=O) groups is 13. The van der Waals surface area contributed by atoms with Gasteiger partial charge in [-0.25, -0.2) is 32.8 Å². The standard InChI is InChI=1S/C46H61FN6O11.C41H53FN6O9/c1-9-51-26-34(43(59)60)41(57)33-23-35(47)38(24-37(33)51)52-17-19-53(20-18-52)45(62)63-27-30-15-13-29(14-16-30)21-39(55)36(25-48-44(61)64-46(4,5)6)49-42(58)32(28(2)3)22-31(54)11-10-12-40(56)50(7)8;1-6-46-23-31(40(54)55)38(52)30-20-32(42)35(21-34(30)46)47-14-16-48(17-15-47)41(56)57-24-27-12-10-26(11-13-27)18-36(50)33(22-43)44-39(53)29(25(2)3)19-28(49)8-7-9-37(51)45(4)5/h13-16,23-24,26,28,32,36H,9-12,17-22,25,27H2,1-8H3,(H,48,61)(H,49,58)(H,59,60);10-13,20-21,23,25,29,33H,6-9,14-19,22,24,43H2,1-5H3,(H,44,53)(H,54,55)/t32-,36-;29-,33-/m00/s1. The summed E-state index contributed by atoms with van der Waals surface area (Å²) in [7, 11) is 6.58. The second-order valence-electron chi connectivity index (χ2n) is 32.3. The van der Waals surface area contributed by atoms with E-state index in [9.17, 15) is 82.1 Å². The fraction of sp³-hybridized carbons (Fsp3) is 0.506. The number of nitrogens with one attached hydrogen (secondary N) is 3. The number of carboxylic acid groups (broad SMARTS) is 2. The molecule has 7 amide bonds. The Morgan fingerprint density at radius 3 is 1.21 bits per heavy atom. The van der Waals surface area contributed by atoms with Crippen LogP contribution in [0.5, 0.6) is 0 Å². The maximum Gasteiger partial charge on any atom is 0.410 e. The van der Waals surface area contributed by atoms with Crippen molar-refractivity contribution in [3.8, 4) is 0 Å². The summed E-state index contributed by atoms with van der Waals surface area (Å²) >= 11 is 0. The van der Waals surface area contributed by atoms with Crippen LogP contribution in [0.3, 0.4) is 0 Å². The van der Waals surface area contributed by atoms with E-state index in [1.54, 1.807) is 144 Å². The lowest BCUT2D eigenvalue weighted by Gasteiger charge is -2.35. The SMILES string of the molecule is CCn1cc(C(=O)O)c(=O)c2cc(F)c(N3CCN(C(=O)OCc4ccc(CC(=O)[C@H](CN)NC(=O)[C@@H](CC(=O)CCCC(=O)N(C)C)C(C)C)cc4)CC3)cc21.CCn1cc(C(=O)O)c(=O)c2cc(F)c(N3CCN(C(=O)OCc4ccc(CC(=O)[C@H](CNC(=O)OC(C)(C)C)NC(=O)[C@@H](CC(=O)CCCC(=O)N(C)C)C(C)C)cc4)CC3)cc21. The number of carbonyl (C=O) groups excluding carboxylic acids is 11. The maximum absolute atomic E-state index is 15.4. The zero-order chi connectivity index (χ0) is 89.4. The Hall–Kier alpha value is -12.0. The molecule has 0 saturated carbocycles. The number of amides is 7. The summed E-state index contributed by atoms with van der Waals surface area (Å²) in [6, 6.07) is 16.8. The third kappa shape index (κ3) is 27.5. The van der Waals surface area contributed by atoms with E-state index < -0.39 is 111 Å². The number of aromatic nitrogens is 2. The molecule has 121 heavy (non-hydrogen) atoms. The second-order valence-corrected chi connectivity index (χ2v) is 32.3. The van der Waals surface area contributed by atoms with Crippen molar-refractivity contribution >= 4 is 110 Å². The number of ketones is 4. The first kappa shape index (κ1) is 96.2. The average Bonchev–Trinajstić information content (AvgIpc) is 0.766. The van der Waals surface area contributed by atoms with Crippen LogP contribution in [-0.4, -0.2) is 227 Å². The molecule has 4 heterocycles. The van der Waals surface area contributed by atoms with Crippen molar-refractivity contribution in [2.45, 2.75) is 171 Å².